The third kappa shape index (κ3) is 5.88. The Morgan fingerprint density at radius 2 is 1.67 bits per heavy atom. The first-order chi connectivity index (χ1) is 9.60. The molecule has 0 saturated carbocycles. The van der Waals surface area contributed by atoms with Crippen molar-refractivity contribution in [3.05, 3.63) is 34.4 Å². The average Bonchev–Trinajstić information content (AvgIpc) is 2.31. The molecule has 2 N–H and O–H groups in total. The molecule has 0 fully saturated rings. The molecule has 0 aliphatic rings. The molecule has 118 valence electrons. The lowest BCUT2D eigenvalue weighted by atomic mass is 9.96. The predicted molar refractivity (Wildman–Crippen MR) is 89.6 cm³/mol. The molecule has 1 amide bonds. The molecule has 3 nitrogen and oxygen atoms in total. The Labute approximate surface area is 129 Å². The number of nitrogens with one attached hydrogen (secondary N) is 2. The zero-order valence-corrected chi connectivity index (χ0v) is 14.6. The van der Waals surface area contributed by atoms with Crippen molar-refractivity contribution < 1.29 is 4.79 Å². The van der Waals surface area contributed by atoms with Crippen molar-refractivity contribution in [3.8, 4) is 0 Å². The Hall–Kier alpha value is -1.35. The highest BCUT2D eigenvalue weighted by molar-refractivity contribution is 5.76. The lowest BCUT2D eigenvalue weighted by Crippen LogP contribution is -2.41. The fraction of sp³-hybridized carbons (Fsp3) is 0.611. The Morgan fingerprint density at radius 1 is 1.10 bits per heavy atom. The fourth-order valence-electron chi connectivity index (χ4n) is 2.44. The highest BCUT2D eigenvalue weighted by Crippen LogP contribution is 2.21. The van der Waals surface area contributed by atoms with E-state index in [4.69, 9.17) is 0 Å². The SMILES string of the molecule is Cc1cc(C)c(C(C)NCCC(=O)NC(C)(C)C)cc1C. The number of benzene rings is 1. The Kier molecular flexibility index (Phi) is 5.97. The molecule has 1 unspecified atom stereocenters. The molecule has 21 heavy (non-hydrogen) atoms. The zero-order chi connectivity index (χ0) is 16.2. The van der Waals surface area contributed by atoms with Gasteiger partial charge in [0.15, 0.2) is 0 Å². The predicted octanol–water partition coefficient (Wildman–Crippen LogP) is 3.57. The molecule has 1 aromatic carbocycles. The van der Waals surface area contributed by atoms with E-state index in [0.29, 0.717) is 13.0 Å². The van der Waals surface area contributed by atoms with E-state index in [9.17, 15) is 4.79 Å². The second kappa shape index (κ2) is 7.08. The molecule has 3 heteroatoms. The summed E-state index contributed by atoms with van der Waals surface area (Å²) >= 11 is 0. The smallest absolute Gasteiger partial charge is 0.221 e. The topological polar surface area (TPSA) is 41.1 Å². The second-order valence-corrected chi connectivity index (χ2v) is 7.02. The molecule has 0 aliphatic heterocycles. The van der Waals surface area contributed by atoms with Gasteiger partial charge in [0.2, 0.25) is 5.91 Å². The van der Waals surface area contributed by atoms with E-state index >= 15 is 0 Å². The van der Waals surface area contributed by atoms with Gasteiger partial charge in [0.25, 0.3) is 0 Å². The lowest BCUT2D eigenvalue weighted by Gasteiger charge is -2.21. The first kappa shape index (κ1) is 17.7. The normalized spacial score (nSPS) is 13.1. The molecule has 1 rings (SSSR count). The van der Waals surface area contributed by atoms with Crippen LogP contribution in [0.2, 0.25) is 0 Å². The highest BCUT2D eigenvalue weighted by atomic mass is 16.1. The van der Waals surface area contributed by atoms with Crippen LogP contribution >= 0.6 is 0 Å². The molecular weight excluding hydrogens is 260 g/mol. The van der Waals surface area contributed by atoms with Crippen LogP contribution in [0.4, 0.5) is 0 Å². The minimum absolute atomic E-state index is 0.0963. The number of amides is 1. The van der Waals surface area contributed by atoms with E-state index in [1.54, 1.807) is 0 Å². The van der Waals surface area contributed by atoms with Gasteiger partial charge in [-0.25, -0.2) is 0 Å². The van der Waals surface area contributed by atoms with Gasteiger partial charge < -0.3 is 10.6 Å². The summed E-state index contributed by atoms with van der Waals surface area (Å²) in [4.78, 5) is 11.8. The van der Waals surface area contributed by atoms with E-state index in [2.05, 4.69) is 50.5 Å². The maximum atomic E-state index is 11.8. The van der Waals surface area contributed by atoms with E-state index in [0.717, 1.165) is 0 Å². The maximum Gasteiger partial charge on any atom is 0.221 e. The summed E-state index contributed by atoms with van der Waals surface area (Å²) in [6, 6.07) is 4.74. The van der Waals surface area contributed by atoms with Crippen molar-refractivity contribution in [2.75, 3.05) is 6.54 Å². The number of rotatable bonds is 5. The molecule has 1 aromatic rings. The van der Waals surface area contributed by atoms with Crippen molar-refractivity contribution >= 4 is 5.91 Å². The monoisotopic (exact) mass is 290 g/mol. The second-order valence-electron chi connectivity index (χ2n) is 7.02. The number of hydrogen-bond donors (Lipinski definition) is 2. The van der Waals surface area contributed by atoms with E-state index in [1.807, 2.05) is 20.8 Å². The summed E-state index contributed by atoms with van der Waals surface area (Å²) in [5, 5.41) is 6.42. The Morgan fingerprint density at radius 3 is 2.24 bits per heavy atom. The Bertz CT molecular complexity index is 501. The van der Waals surface area contributed by atoms with Gasteiger partial charge in [-0.05, 0) is 70.7 Å². The largest absolute Gasteiger partial charge is 0.351 e. The van der Waals surface area contributed by atoms with Crippen LogP contribution in [0.15, 0.2) is 12.1 Å². The minimum Gasteiger partial charge on any atom is -0.351 e. The van der Waals surface area contributed by atoms with Crippen LogP contribution in [0.3, 0.4) is 0 Å². The van der Waals surface area contributed by atoms with Gasteiger partial charge in [-0.1, -0.05) is 12.1 Å². The van der Waals surface area contributed by atoms with Crippen molar-refractivity contribution in [1.82, 2.24) is 10.6 Å². The van der Waals surface area contributed by atoms with Crippen LogP contribution in [0, 0.1) is 20.8 Å². The minimum atomic E-state index is -0.159. The Balaban J connectivity index is 2.53. The van der Waals surface area contributed by atoms with Gasteiger partial charge in [-0.3, -0.25) is 4.79 Å². The van der Waals surface area contributed by atoms with Crippen molar-refractivity contribution in [1.29, 1.82) is 0 Å². The summed E-state index contributed by atoms with van der Waals surface area (Å²) < 4.78 is 0. The standard InChI is InChI=1S/C18H30N2O/c1-12-10-14(3)16(11-13(12)2)15(4)19-9-8-17(21)20-18(5,6)7/h10-11,15,19H,8-9H2,1-7H3,(H,20,21). The van der Waals surface area contributed by atoms with Gasteiger partial charge in [0.05, 0.1) is 0 Å². The third-order valence-corrected chi connectivity index (χ3v) is 3.67. The number of carbonyl (C=O) groups is 1. The van der Waals surface area contributed by atoms with Crippen LogP contribution in [0.5, 0.6) is 0 Å². The summed E-state index contributed by atoms with van der Waals surface area (Å²) in [7, 11) is 0. The van der Waals surface area contributed by atoms with Crippen LogP contribution in [0.1, 0.15) is 62.4 Å². The van der Waals surface area contributed by atoms with Gasteiger partial charge in [0, 0.05) is 24.5 Å². The van der Waals surface area contributed by atoms with Crippen LogP contribution in [-0.2, 0) is 4.79 Å². The number of aryl methyl sites for hydroxylation is 3. The molecular formula is C18H30N2O. The highest BCUT2D eigenvalue weighted by Gasteiger charge is 2.14. The molecule has 0 saturated heterocycles. The summed E-state index contributed by atoms with van der Waals surface area (Å²) in [6.45, 7) is 15.3. The quantitative estimate of drug-likeness (QED) is 0.870. The van der Waals surface area contributed by atoms with Crippen molar-refractivity contribution in [3.63, 3.8) is 0 Å². The fourth-order valence-corrected chi connectivity index (χ4v) is 2.44. The van der Waals surface area contributed by atoms with Crippen LogP contribution < -0.4 is 10.6 Å². The summed E-state index contributed by atoms with van der Waals surface area (Å²) in [5.41, 5.74) is 5.10. The third-order valence-electron chi connectivity index (χ3n) is 3.67. The van der Waals surface area contributed by atoms with Gasteiger partial charge in [-0.2, -0.15) is 0 Å². The molecule has 0 heterocycles. The average molecular weight is 290 g/mol. The summed E-state index contributed by atoms with van der Waals surface area (Å²) in [6.07, 6.45) is 0.505. The first-order valence-electron chi connectivity index (χ1n) is 7.72. The number of hydrogen-bond acceptors (Lipinski definition) is 2. The molecule has 0 aromatic heterocycles. The molecule has 0 aliphatic carbocycles. The lowest BCUT2D eigenvalue weighted by molar-refractivity contribution is -0.122. The molecule has 0 bridgehead atoms. The maximum absolute atomic E-state index is 11.8. The van der Waals surface area contributed by atoms with Crippen molar-refractivity contribution in [2.24, 2.45) is 0 Å². The molecule has 0 radical (unpaired) electrons. The van der Waals surface area contributed by atoms with E-state index in [1.165, 1.54) is 22.3 Å². The first-order valence-corrected chi connectivity index (χ1v) is 7.72. The molecule has 0 spiro atoms. The van der Waals surface area contributed by atoms with Crippen LogP contribution in [0.25, 0.3) is 0 Å². The van der Waals surface area contributed by atoms with Gasteiger partial charge in [0.1, 0.15) is 0 Å². The number of carbonyl (C=O) groups excluding carboxylic acids is 1. The van der Waals surface area contributed by atoms with Gasteiger partial charge >= 0.3 is 0 Å². The van der Waals surface area contributed by atoms with Gasteiger partial charge in [-0.15, -0.1) is 0 Å². The zero-order valence-electron chi connectivity index (χ0n) is 14.6. The van der Waals surface area contributed by atoms with E-state index < -0.39 is 0 Å². The summed E-state index contributed by atoms with van der Waals surface area (Å²) in [5.74, 6) is 0.0963. The van der Waals surface area contributed by atoms with Crippen LogP contribution in [-0.4, -0.2) is 18.0 Å². The van der Waals surface area contributed by atoms with E-state index in [-0.39, 0.29) is 17.5 Å². The molecule has 1 atom stereocenters. The van der Waals surface area contributed by atoms with Crippen molar-refractivity contribution in [2.45, 2.75) is 66.5 Å².